The van der Waals surface area contributed by atoms with E-state index in [1.807, 2.05) is 18.2 Å². The van der Waals surface area contributed by atoms with Crippen LogP contribution in [0.4, 0.5) is 0 Å². The molecule has 140 valence electrons. The minimum atomic E-state index is 0.593. The molecule has 0 unspecified atom stereocenters. The minimum absolute atomic E-state index is 0.593. The van der Waals surface area contributed by atoms with E-state index in [1.54, 1.807) is 12.3 Å². The third-order valence-corrected chi connectivity index (χ3v) is 4.65. The average molecular weight is 354 g/mol. The lowest BCUT2D eigenvalue weighted by atomic mass is 10.1. The number of ether oxygens (including phenoxy) is 1. The van der Waals surface area contributed by atoms with Gasteiger partial charge in [0.15, 0.2) is 6.29 Å². The van der Waals surface area contributed by atoms with E-state index in [0.717, 1.165) is 41.9 Å². The largest absolute Gasteiger partial charge is 0.493 e. The van der Waals surface area contributed by atoms with Crippen LogP contribution in [0.1, 0.15) is 74.2 Å². The van der Waals surface area contributed by atoms with Gasteiger partial charge in [0.05, 0.1) is 12.3 Å². The molecule has 0 aliphatic rings. The molecule has 2 aromatic rings. The van der Waals surface area contributed by atoms with Crippen LogP contribution < -0.4 is 4.74 Å². The van der Waals surface area contributed by atoms with E-state index in [-0.39, 0.29) is 0 Å². The highest BCUT2D eigenvalue weighted by molar-refractivity contribution is 5.75. The lowest BCUT2D eigenvalue weighted by molar-refractivity contribution is 0.112. The van der Waals surface area contributed by atoms with Crippen molar-refractivity contribution in [2.45, 2.75) is 65.2 Å². The number of unbranched alkanes of at least 4 members (excludes halogenated alkanes) is 7. The van der Waals surface area contributed by atoms with Crippen LogP contribution in [0.3, 0.4) is 0 Å². The van der Waals surface area contributed by atoms with Crippen molar-refractivity contribution in [3.63, 3.8) is 0 Å². The molecule has 1 aromatic carbocycles. The van der Waals surface area contributed by atoms with E-state index >= 15 is 0 Å². The fraction of sp³-hybridized carbons (Fsp3) is 0.478. The van der Waals surface area contributed by atoms with E-state index in [4.69, 9.17) is 4.74 Å². The van der Waals surface area contributed by atoms with Crippen LogP contribution in [0.2, 0.25) is 0 Å². The topological polar surface area (TPSA) is 39.2 Å². The van der Waals surface area contributed by atoms with E-state index in [1.165, 1.54) is 44.9 Å². The number of nitrogens with zero attached hydrogens (tertiary/aromatic N) is 1. The molecule has 0 saturated carbocycles. The molecule has 3 nitrogen and oxygen atoms in total. The van der Waals surface area contributed by atoms with Gasteiger partial charge in [-0.15, -0.1) is 0 Å². The fourth-order valence-electron chi connectivity index (χ4n) is 3.03. The normalized spacial score (nSPS) is 10.7. The Kier molecular flexibility index (Phi) is 8.88. The highest BCUT2D eigenvalue weighted by atomic mass is 16.5. The predicted molar refractivity (Wildman–Crippen MR) is 108 cm³/mol. The number of carbonyl (C=O) groups is 1. The molecule has 0 fully saturated rings. The molecule has 0 aliphatic carbocycles. The van der Waals surface area contributed by atoms with Gasteiger partial charge in [-0.1, -0.05) is 51.9 Å². The Morgan fingerprint density at radius 2 is 1.69 bits per heavy atom. The Morgan fingerprint density at radius 3 is 2.31 bits per heavy atom. The van der Waals surface area contributed by atoms with Crippen LogP contribution >= 0.6 is 0 Å². The first-order chi connectivity index (χ1) is 12.7. The van der Waals surface area contributed by atoms with Crippen molar-refractivity contribution in [1.82, 2.24) is 4.98 Å². The summed E-state index contributed by atoms with van der Waals surface area (Å²) in [5.74, 6) is 0.946. The molecule has 0 radical (unpaired) electrons. The number of aldehydes is 1. The summed E-state index contributed by atoms with van der Waals surface area (Å²) in [4.78, 5) is 15.1. The monoisotopic (exact) mass is 353 g/mol. The van der Waals surface area contributed by atoms with E-state index in [9.17, 15) is 4.79 Å². The van der Waals surface area contributed by atoms with Crippen molar-refractivity contribution in [3.05, 3.63) is 47.7 Å². The van der Waals surface area contributed by atoms with Crippen LogP contribution in [0, 0.1) is 6.92 Å². The number of hydrogen-bond acceptors (Lipinski definition) is 3. The molecule has 0 bridgehead atoms. The van der Waals surface area contributed by atoms with Gasteiger partial charge in [0, 0.05) is 17.3 Å². The Hall–Kier alpha value is -2.16. The zero-order valence-electron chi connectivity index (χ0n) is 16.2. The van der Waals surface area contributed by atoms with Crippen molar-refractivity contribution in [2.75, 3.05) is 6.61 Å². The fourth-order valence-corrected chi connectivity index (χ4v) is 3.03. The Morgan fingerprint density at radius 1 is 0.962 bits per heavy atom. The molecule has 0 amide bonds. The first kappa shape index (κ1) is 20.2. The molecular weight excluding hydrogens is 322 g/mol. The average Bonchev–Trinajstić information content (AvgIpc) is 2.68. The zero-order valence-corrected chi connectivity index (χ0v) is 16.2. The quantitative estimate of drug-likeness (QED) is 0.328. The maximum absolute atomic E-state index is 10.7. The molecule has 26 heavy (non-hydrogen) atoms. The van der Waals surface area contributed by atoms with Crippen molar-refractivity contribution in [1.29, 1.82) is 0 Å². The minimum Gasteiger partial charge on any atom is -0.493 e. The van der Waals surface area contributed by atoms with E-state index in [0.29, 0.717) is 5.56 Å². The van der Waals surface area contributed by atoms with Crippen molar-refractivity contribution >= 4 is 6.29 Å². The number of hydrogen-bond donors (Lipinski definition) is 0. The lowest BCUT2D eigenvalue weighted by Gasteiger charge is -2.11. The number of pyridine rings is 1. The van der Waals surface area contributed by atoms with Crippen LogP contribution in [0.5, 0.6) is 5.75 Å². The van der Waals surface area contributed by atoms with Gasteiger partial charge in [0.2, 0.25) is 0 Å². The summed E-state index contributed by atoms with van der Waals surface area (Å²) < 4.78 is 5.94. The summed E-state index contributed by atoms with van der Waals surface area (Å²) in [6, 6.07) is 9.80. The standard InChI is InChI=1S/C23H31NO2/c1-3-4-5-6-7-8-9-10-15-26-23-14-12-21(16-19(23)2)22-13-11-20(18-25)17-24-22/h11-14,16-18H,3-10,15H2,1-2H3. The van der Waals surface area contributed by atoms with Crippen LogP contribution in [0.25, 0.3) is 11.3 Å². The van der Waals surface area contributed by atoms with Crippen molar-refractivity contribution < 1.29 is 9.53 Å². The molecule has 0 N–H and O–H groups in total. The third kappa shape index (κ3) is 6.62. The van der Waals surface area contributed by atoms with Gasteiger partial charge in [0.25, 0.3) is 0 Å². The lowest BCUT2D eigenvalue weighted by Crippen LogP contribution is -1.99. The summed E-state index contributed by atoms with van der Waals surface area (Å²) in [5, 5.41) is 0. The second-order valence-corrected chi connectivity index (χ2v) is 6.90. The summed E-state index contributed by atoms with van der Waals surface area (Å²) in [6.45, 7) is 5.10. The van der Waals surface area contributed by atoms with E-state index in [2.05, 4.69) is 24.9 Å². The summed E-state index contributed by atoms with van der Waals surface area (Å²) in [5.41, 5.74) is 3.62. The Bertz CT molecular complexity index is 664. The van der Waals surface area contributed by atoms with Gasteiger partial charge in [-0.3, -0.25) is 9.78 Å². The molecule has 0 atom stereocenters. The third-order valence-electron chi connectivity index (χ3n) is 4.65. The van der Waals surface area contributed by atoms with Crippen LogP contribution in [-0.4, -0.2) is 17.9 Å². The predicted octanol–water partition coefficient (Wildman–Crippen LogP) is 6.39. The summed E-state index contributed by atoms with van der Waals surface area (Å²) in [6.07, 6.45) is 12.9. The van der Waals surface area contributed by atoms with E-state index < -0.39 is 0 Å². The molecule has 1 aromatic heterocycles. The molecule has 0 saturated heterocycles. The van der Waals surface area contributed by atoms with Gasteiger partial charge in [-0.05, 0) is 49.2 Å². The highest BCUT2D eigenvalue weighted by Gasteiger charge is 2.05. The zero-order chi connectivity index (χ0) is 18.6. The second-order valence-electron chi connectivity index (χ2n) is 6.90. The molecule has 1 heterocycles. The maximum atomic E-state index is 10.7. The first-order valence-electron chi connectivity index (χ1n) is 9.89. The first-order valence-corrected chi connectivity index (χ1v) is 9.89. The molecular formula is C23H31NO2. The maximum Gasteiger partial charge on any atom is 0.151 e. The number of carbonyl (C=O) groups excluding carboxylic acids is 1. The molecule has 2 rings (SSSR count). The summed E-state index contributed by atoms with van der Waals surface area (Å²) >= 11 is 0. The number of aromatic nitrogens is 1. The van der Waals surface area contributed by atoms with Gasteiger partial charge in [-0.2, -0.15) is 0 Å². The number of rotatable bonds is 12. The van der Waals surface area contributed by atoms with Crippen molar-refractivity contribution in [2.24, 2.45) is 0 Å². The Balaban J connectivity index is 1.74. The number of aryl methyl sites for hydroxylation is 1. The van der Waals surface area contributed by atoms with Crippen LogP contribution in [-0.2, 0) is 0 Å². The molecule has 0 aliphatic heterocycles. The van der Waals surface area contributed by atoms with Crippen LogP contribution in [0.15, 0.2) is 36.5 Å². The van der Waals surface area contributed by atoms with Crippen molar-refractivity contribution in [3.8, 4) is 17.0 Å². The highest BCUT2D eigenvalue weighted by Crippen LogP contribution is 2.25. The van der Waals surface area contributed by atoms with Gasteiger partial charge >= 0.3 is 0 Å². The number of benzene rings is 1. The smallest absolute Gasteiger partial charge is 0.151 e. The summed E-state index contributed by atoms with van der Waals surface area (Å²) in [7, 11) is 0. The molecule has 0 spiro atoms. The SMILES string of the molecule is CCCCCCCCCCOc1ccc(-c2ccc(C=O)cn2)cc1C. The Labute approximate surface area is 157 Å². The van der Waals surface area contributed by atoms with Gasteiger partial charge < -0.3 is 4.74 Å². The second kappa shape index (κ2) is 11.5. The molecule has 3 heteroatoms. The van der Waals surface area contributed by atoms with Gasteiger partial charge in [0.1, 0.15) is 5.75 Å². The van der Waals surface area contributed by atoms with Gasteiger partial charge in [-0.25, -0.2) is 0 Å².